The van der Waals surface area contributed by atoms with Crippen LogP contribution in [0, 0.1) is 6.92 Å². The predicted molar refractivity (Wildman–Crippen MR) is 85.4 cm³/mol. The van der Waals surface area contributed by atoms with Crippen LogP contribution in [-0.2, 0) is 6.42 Å². The first-order valence-corrected chi connectivity index (χ1v) is 8.37. The Morgan fingerprint density at radius 3 is 2.35 bits per heavy atom. The summed E-state index contributed by atoms with van der Waals surface area (Å²) in [6, 6.07) is 0. The standard InChI is InChI=1S/C17H29N3/c1-4-12-18-17-15(5-2)13(3)19-16(20-17)14-10-8-6-7-9-11-14/h14H,4-12H2,1-3H3,(H,18,19,20). The minimum absolute atomic E-state index is 0.573. The third-order valence-electron chi connectivity index (χ3n) is 4.35. The first-order valence-electron chi connectivity index (χ1n) is 8.37. The van der Waals surface area contributed by atoms with Crippen molar-refractivity contribution in [3.63, 3.8) is 0 Å². The van der Waals surface area contributed by atoms with Crippen molar-refractivity contribution in [2.75, 3.05) is 11.9 Å². The van der Waals surface area contributed by atoms with Gasteiger partial charge in [-0.05, 0) is 32.6 Å². The molecule has 1 aromatic heterocycles. The molecule has 0 amide bonds. The molecule has 3 nitrogen and oxygen atoms in total. The molecule has 0 atom stereocenters. The molecule has 0 aliphatic heterocycles. The summed E-state index contributed by atoms with van der Waals surface area (Å²) in [6.45, 7) is 7.51. The highest BCUT2D eigenvalue weighted by Crippen LogP contribution is 2.31. The molecule has 1 saturated carbocycles. The van der Waals surface area contributed by atoms with E-state index in [1.807, 2.05) is 0 Å². The molecule has 1 aliphatic carbocycles. The molecular weight excluding hydrogens is 246 g/mol. The number of nitrogens with one attached hydrogen (secondary N) is 1. The van der Waals surface area contributed by atoms with Crippen LogP contribution in [0.3, 0.4) is 0 Å². The lowest BCUT2D eigenvalue weighted by atomic mass is 9.99. The minimum atomic E-state index is 0.573. The summed E-state index contributed by atoms with van der Waals surface area (Å²) >= 11 is 0. The first kappa shape index (κ1) is 15.3. The Hall–Kier alpha value is -1.12. The van der Waals surface area contributed by atoms with E-state index in [1.54, 1.807) is 0 Å². The molecule has 3 heteroatoms. The molecule has 0 aromatic carbocycles. The lowest BCUT2D eigenvalue weighted by Gasteiger charge is -2.18. The van der Waals surface area contributed by atoms with Crippen molar-refractivity contribution in [2.45, 2.75) is 78.1 Å². The molecule has 0 bridgehead atoms. The van der Waals surface area contributed by atoms with E-state index >= 15 is 0 Å². The quantitative estimate of drug-likeness (QED) is 0.798. The maximum Gasteiger partial charge on any atom is 0.134 e. The fraction of sp³-hybridized carbons (Fsp3) is 0.765. The van der Waals surface area contributed by atoms with E-state index in [-0.39, 0.29) is 0 Å². The molecule has 2 rings (SSSR count). The second-order valence-corrected chi connectivity index (χ2v) is 5.96. The first-order chi connectivity index (χ1) is 9.76. The predicted octanol–water partition coefficient (Wildman–Crippen LogP) is 4.61. The fourth-order valence-corrected chi connectivity index (χ4v) is 3.15. The summed E-state index contributed by atoms with van der Waals surface area (Å²) in [7, 11) is 0. The molecule has 1 heterocycles. The number of hydrogen-bond acceptors (Lipinski definition) is 3. The fourth-order valence-electron chi connectivity index (χ4n) is 3.15. The van der Waals surface area contributed by atoms with E-state index in [2.05, 4.69) is 26.1 Å². The molecule has 1 N–H and O–H groups in total. The zero-order valence-corrected chi connectivity index (χ0v) is 13.3. The molecule has 0 unspecified atom stereocenters. The van der Waals surface area contributed by atoms with Gasteiger partial charge < -0.3 is 5.32 Å². The number of hydrogen-bond donors (Lipinski definition) is 1. The van der Waals surface area contributed by atoms with Crippen molar-refractivity contribution in [2.24, 2.45) is 0 Å². The summed E-state index contributed by atoms with van der Waals surface area (Å²) in [5.41, 5.74) is 2.45. The van der Waals surface area contributed by atoms with E-state index in [1.165, 1.54) is 49.8 Å². The van der Waals surface area contributed by atoms with Gasteiger partial charge in [0, 0.05) is 23.7 Å². The third-order valence-corrected chi connectivity index (χ3v) is 4.35. The number of nitrogens with zero attached hydrogens (tertiary/aromatic N) is 2. The smallest absolute Gasteiger partial charge is 0.134 e. The van der Waals surface area contributed by atoms with E-state index < -0.39 is 0 Å². The average Bonchev–Trinajstić information content (AvgIpc) is 2.73. The second kappa shape index (κ2) is 7.61. The number of aromatic nitrogens is 2. The topological polar surface area (TPSA) is 37.8 Å². The summed E-state index contributed by atoms with van der Waals surface area (Å²) in [4.78, 5) is 9.71. The van der Waals surface area contributed by atoms with Gasteiger partial charge >= 0.3 is 0 Å². The molecule has 0 spiro atoms. The molecule has 112 valence electrons. The van der Waals surface area contributed by atoms with Crippen LogP contribution in [-0.4, -0.2) is 16.5 Å². The van der Waals surface area contributed by atoms with Crippen LogP contribution in [0.15, 0.2) is 0 Å². The zero-order chi connectivity index (χ0) is 14.4. The van der Waals surface area contributed by atoms with Gasteiger partial charge in [0.05, 0.1) is 0 Å². The number of anilines is 1. The van der Waals surface area contributed by atoms with Crippen LogP contribution in [0.1, 0.15) is 81.8 Å². The highest BCUT2D eigenvalue weighted by atomic mass is 15.0. The molecule has 1 fully saturated rings. The molecule has 1 aliphatic rings. The van der Waals surface area contributed by atoms with E-state index in [9.17, 15) is 0 Å². The maximum atomic E-state index is 4.88. The summed E-state index contributed by atoms with van der Waals surface area (Å²) in [5, 5.41) is 3.50. The molecule has 20 heavy (non-hydrogen) atoms. The highest BCUT2D eigenvalue weighted by Gasteiger charge is 2.19. The molecule has 0 saturated heterocycles. The Morgan fingerprint density at radius 2 is 1.75 bits per heavy atom. The number of aryl methyl sites for hydroxylation is 1. The van der Waals surface area contributed by atoms with Gasteiger partial charge in [0.15, 0.2) is 0 Å². The van der Waals surface area contributed by atoms with Gasteiger partial charge in [0.25, 0.3) is 0 Å². The Morgan fingerprint density at radius 1 is 1.05 bits per heavy atom. The Bertz CT molecular complexity index is 420. The average molecular weight is 275 g/mol. The third kappa shape index (κ3) is 3.71. The molecular formula is C17H29N3. The Balaban J connectivity index is 2.26. The molecule has 1 aromatic rings. The Kier molecular flexibility index (Phi) is 5.81. The Labute approximate surface area is 123 Å². The SMILES string of the molecule is CCCNc1nc(C2CCCCCC2)nc(C)c1CC. The lowest BCUT2D eigenvalue weighted by Crippen LogP contribution is -2.13. The van der Waals surface area contributed by atoms with Gasteiger partial charge in [-0.2, -0.15) is 0 Å². The van der Waals surface area contributed by atoms with Gasteiger partial charge in [-0.1, -0.05) is 39.5 Å². The van der Waals surface area contributed by atoms with Crippen LogP contribution < -0.4 is 5.32 Å². The molecule has 0 radical (unpaired) electrons. The van der Waals surface area contributed by atoms with Gasteiger partial charge in [0.2, 0.25) is 0 Å². The van der Waals surface area contributed by atoms with Gasteiger partial charge in [-0.25, -0.2) is 9.97 Å². The number of rotatable bonds is 5. The van der Waals surface area contributed by atoms with E-state index in [4.69, 9.17) is 9.97 Å². The van der Waals surface area contributed by atoms with E-state index in [0.717, 1.165) is 31.0 Å². The van der Waals surface area contributed by atoms with Crippen LogP contribution in [0.2, 0.25) is 0 Å². The minimum Gasteiger partial charge on any atom is -0.370 e. The van der Waals surface area contributed by atoms with E-state index in [0.29, 0.717) is 5.92 Å². The summed E-state index contributed by atoms with van der Waals surface area (Å²) in [5.74, 6) is 2.74. The van der Waals surface area contributed by atoms with Crippen molar-refractivity contribution >= 4 is 5.82 Å². The van der Waals surface area contributed by atoms with Crippen LogP contribution >= 0.6 is 0 Å². The maximum absolute atomic E-state index is 4.88. The zero-order valence-electron chi connectivity index (χ0n) is 13.3. The van der Waals surface area contributed by atoms with Gasteiger partial charge in [0.1, 0.15) is 11.6 Å². The monoisotopic (exact) mass is 275 g/mol. The van der Waals surface area contributed by atoms with Crippen LogP contribution in [0.25, 0.3) is 0 Å². The largest absolute Gasteiger partial charge is 0.370 e. The van der Waals surface area contributed by atoms with Crippen molar-refractivity contribution in [3.8, 4) is 0 Å². The van der Waals surface area contributed by atoms with Crippen molar-refractivity contribution in [3.05, 3.63) is 17.1 Å². The second-order valence-electron chi connectivity index (χ2n) is 5.96. The summed E-state index contributed by atoms with van der Waals surface area (Å²) < 4.78 is 0. The van der Waals surface area contributed by atoms with Crippen molar-refractivity contribution in [1.82, 2.24) is 9.97 Å². The lowest BCUT2D eigenvalue weighted by molar-refractivity contribution is 0.558. The van der Waals surface area contributed by atoms with Gasteiger partial charge in [-0.15, -0.1) is 0 Å². The normalized spacial score (nSPS) is 16.9. The van der Waals surface area contributed by atoms with Crippen molar-refractivity contribution in [1.29, 1.82) is 0 Å². The highest BCUT2D eigenvalue weighted by molar-refractivity contribution is 5.46. The van der Waals surface area contributed by atoms with Gasteiger partial charge in [-0.3, -0.25) is 0 Å². The van der Waals surface area contributed by atoms with Crippen molar-refractivity contribution < 1.29 is 0 Å². The van der Waals surface area contributed by atoms with Crippen LogP contribution in [0.5, 0.6) is 0 Å². The summed E-state index contributed by atoms with van der Waals surface area (Å²) in [6.07, 6.45) is 10.1. The van der Waals surface area contributed by atoms with Crippen LogP contribution in [0.4, 0.5) is 5.82 Å².